The number of carbonyl (C=O) groups is 4. The van der Waals surface area contributed by atoms with Gasteiger partial charge in [-0.15, -0.1) is 0 Å². The van der Waals surface area contributed by atoms with Crippen LogP contribution >= 0.6 is 18.8 Å². The molecule has 0 aromatic rings. The zero-order valence-corrected chi connectivity index (χ0v) is 25.6. The van der Waals surface area contributed by atoms with E-state index in [4.69, 9.17) is 54.6 Å². The molecule has 0 radical (unpaired) electrons. The molecule has 0 aromatic carbocycles. The molecule has 0 bridgehead atoms. The molecule has 208 valence electrons. The standard InChI is InChI=1S/C7H13N.C6H8O4.C2H2O4.2ClH.4H2N.3Pt/c1-6-4-2-3-5-7(6)8;7-4(8)6(5(9)10)2-1-3-6;3-1(4)2(5)6;;;;;;;;;/h6-8H,1-5H2;1-3H2,(H,7,8)(H,9,10);(H,3,4)(H,5,6);2*1H;4*1H2;;;/q-2;;;;;4*-1;2*+2;+4/p-2/t6-,7-;;;;;;;;;;;/m1.........../s1. The third-order valence-electron chi connectivity index (χ3n) is 4.12. The minimum atomic E-state index is -1.82. The third-order valence-corrected chi connectivity index (χ3v) is 4.12. The van der Waals surface area contributed by atoms with Crippen molar-refractivity contribution in [1.29, 1.82) is 0 Å². The smallest absolute Gasteiger partial charge is 0.693 e. The van der Waals surface area contributed by atoms with E-state index in [1.54, 1.807) is 0 Å². The topological polar surface area (TPSA) is 307 Å². The van der Waals surface area contributed by atoms with Crippen molar-refractivity contribution in [2.75, 3.05) is 0 Å². The maximum atomic E-state index is 10.4. The summed E-state index contributed by atoms with van der Waals surface area (Å²) in [5, 5.41) is 31.7. The number of halogens is 2. The molecule has 0 saturated heterocycles. The number of nitrogens with one attached hydrogen (secondary N) is 1. The summed E-state index contributed by atoms with van der Waals surface area (Å²) in [6.45, 7) is 3.89. The van der Waals surface area contributed by atoms with Crippen LogP contribution in [0.2, 0.25) is 0 Å². The van der Waals surface area contributed by atoms with Gasteiger partial charge in [-0.05, 0) is 19.3 Å². The molecule has 0 amide bonds. The van der Waals surface area contributed by atoms with E-state index in [0.717, 1.165) is 6.42 Å². The number of nitrogens with two attached hydrogens (primary N) is 4. The monoisotopic (exact) mass is 1060 g/mol. The van der Waals surface area contributed by atoms with Crippen LogP contribution in [0.5, 0.6) is 0 Å². The number of carboxylic acid groups (broad SMARTS) is 4. The molecule has 0 aromatic heterocycles. The van der Waals surface area contributed by atoms with Gasteiger partial charge in [0.1, 0.15) is 0 Å². The first kappa shape index (κ1) is 54.3. The van der Waals surface area contributed by atoms with Crippen LogP contribution in [0, 0.1) is 18.3 Å². The summed E-state index contributed by atoms with van der Waals surface area (Å²) in [6, 6.07) is 0.142. The molecule has 13 N–H and O–H groups in total. The van der Waals surface area contributed by atoms with Crippen LogP contribution in [0.15, 0.2) is 0 Å². The largest absolute Gasteiger partial charge is 2.00 e. The zero-order chi connectivity index (χ0) is 21.6. The normalized spacial score (nSPS) is 18.1. The number of hydrogen-bond donors (Lipinski definition) is 4. The molecule has 2 saturated carbocycles. The van der Waals surface area contributed by atoms with Crippen molar-refractivity contribution in [2.24, 2.45) is 11.3 Å². The Morgan fingerprint density at radius 2 is 1.09 bits per heavy atom. The van der Waals surface area contributed by atoms with Crippen LogP contribution < -0.4 is 0 Å². The molecule has 2 aliphatic carbocycles. The zero-order valence-electron chi connectivity index (χ0n) is 17.2. The van der Waals surface area contributed by atoms with E-state index in [1.807, 2.05) is 0 Å². The molecule has 18 heteroatoms. The van der Waals surface area contributed by atoms with Gasteiger partial charge in [0.15, 0.2) is 5.41 Å². The van der Waals surface area contributed by atoms with Gasteiger partial charge in [0.2, 0.25) is 0 Å². The molecule has 13 nitrogen and oxygen atoms in total. The summed E-state index contributed by atoms with van der Waals surface area (Å²) in [5.74, 6) is -5.63. The van der Waals surface area contributed by atoms with E-state index in [0.29, 0.717) is 12.3 Å². The van der Waals surface area contributed by atoms with Crippen molar-refractivity contribution in [3.05, 3.63) is 37.3 Å². The van der Waals surface area contributed by atoms with E-state index < -0.39 is 45.8 Å². The molecule has 2 rings (SSSR count). The van der Waals surface area contributed by atoms with Gasteiger partial charge in [-0.1, -0.05) is 25.7 Å². The van der Waals surface area contributed by atoms with Gasteiger partial charge >= 0.3 is 101 Å². The van der Waals surface area contributed by atoms with E-state index >= 15 is 0 Å². The summed E-state index contributed by atoms with van der Waals surface area (Å²) in [5.41, 5.74) is 5.97. The maximum Gasteiger partial charge on any atom is 2.00 e. The second kappa shape index (κ2) is 30.4. The Balaban J connectivity index is -0.0000000419. The van der Waals surface area contributed by atoms with Crippen LogP contribution in [-0.4, -0.2) is 50.3 Å². The second-order valence-corrected chi connectivity index (χ2v) is 9.14. The number of rotatable bonds is 2. The first-order valence-electron chi connectivity index (χ1n) is 7.75. The van der Waals surface area contributed by atoms with Crippen molar-refractivity contribution in [3.8, 4) is 0 Å². The van der Waals surface area contributed by atoms with Crippen molar-refractivity contribution in [1.82, 2.24) is 0 Å². The van der Waals surface area contributed by atoms with Crippen LogP contribution in [0.4, 0.5) is 0 Å². The molecular formula is C15H31Cl2N5O8Pt3. The Kier molecular flexibility index (Phi) is 49.9. The van der Waals surface area contributed by atoms with Crippen LogP contribution in [0.1, 0.15) is 44.9 Å². The molecule has 0 aliphatic heterocycles. The summed E-state index contributed by atoms with van der Waals surface area (Å²) >= 11 is -0.472. The first-order chi connectivity index (χ1) is 12.5. The van der Waals surface area contributed by atoms with E-state index in [2.05, 4.69) is 6.92 Å². The molecular weight excluding hydrogens is 1030 g/mol. The fourth-order valence-electron chi connectivity index (χ4n) is 2.26. The molecule has 2 fully saturated rings. The fraction of sp³-hybridized carbons (Fsp3) is 0.667. The van der Waals surface area contributed by atoms with Crippen molar-refractivity contribution in [3.63, 3.8) is 0 Å². The maximum absolute atomic E-state index is 10.4. The Bertz CT molecular complexity index is 486. The molecule has 0 spiro atoms. The SMILES string of the molecule is O=C(O)C(=O)O.O=C(O)C1(C(=O)O)CCC1.[CH2-][C@@H]1CCCC[C@H]1[NH-].[Cl][Pt+2][Cl].[NH2-].[NH2-].[NH2-].[NH2-].[Pt+2].[Pt+2]. The average Bonchev–Trinajstić information content (AvgIpc) is 2.50. The summed E-state index contributed by atoms with van der Waals surface area (Å²) in [4.78, 5) is 38.9. The number of hydrogen-bond acceptors (Lipinski definition) is 4. The van der Waals surface area contributed by atoms with Gasteiger partial charge in [-0.25, -0.2) is 9.59 Å². The van der Waals surface area contributed by atoms with Gasteiger partial charge < -0.3 is 57.7 Å². The Labute approximate surface area is 238 Å². The van der Waals surface area contributed by atoms with Crippen LogP contribution in [0.3, 0.4) is 0 Å². The Morgan fingerprint density at radius 1 is 0.788 bits per heavy atom. The van der Waals surface area contributed by atoms with Gasteiger partial charge in [0.25, 0.3) is 0 Å². The Morgan fingerprint density at radius 3 is 1.18 bits per heavy atom. The molecule has 0 unspecified atom stereocenters. The van der Waals surface area contributed by atoms with Crippen molar-refractivity contribution < 1.29 is 98.2 Å². The predicted octanol–water partition coefficient (Wildman–Crippen LogP) is 6.15. The summed E-state index contributed by atoms with van der Waals surface area (Å²) < 4.78 is 0. The van der Waals surface area contributed by atoms with Crippen molar-refractivity contribution >= 4 is 42.7 Å². The molecule has 2 atom stereocenters. The first-order valence-corrected chi connectivity index (χ1v) is 13.4. The van der Waals surface area contributed by atoms with Gasteiger partial charge in [0, 0.05) is 0 Å². The van der Waals surface area contributed by atoms with Gasteiger partial charge in [-0.3, -0.25) is 9.59 Å². The Hall–Kier alpha value is 0.325. The average molecular weight is 1070 g/mol. The quantitative estimate of drug-likeness (QED) is 0.141. The van der Waals surface area contributed by atoms with E-state index in [-0.39, 0.29) is 85.6 Å². The van der Waals surface area contributed by atoms with E-state index in [1.165, 1.54) is 19.3 Å². The number of carboxylic acids is 4. The summed E-state index contributed by atoms with van der Waals surface area (Å²) in [7, 11) is 9.75. The molecule has 2 aliphatic rings. The molecule has 33 heavy (non-hydrogen) atoms. The summed E-state index contributed by atoms with van der Waals surface area (Å²) in [6.07, 6.45) is 6.06. The minimum absolute atomic E-state index is 0. The van der Waals surface area contributed by atoms with Crippen molar-refractivity contribution in [2.45, 2.75) is 51.0 Å². The second-order valence-electron chi connectivity index (χ2n) is 5.85. The van der Waals surface area contributed by atoms with Crippen LogP contribution in [-0.2, 0) is 77.8 Å². The molecule has 0 heterocycles. The number of aliphatic carboxylic acids is 4. The van der Waals surface area contributed by atoms with Crippen LogP contribution in [0.25, 0.3) is 30.3 Å². The van der Waals surface area contributed by atoms with Gasteiger partial charge in [0.05, 0.1) is 0 Å². The predicted molar refractivity (Wildman–Crippen MR) is 115 cm³/mol. The fourth-order valence-corrected chi connectivity index (χ4v) is 2.26. The third kappa shape index (κ3) is 23.8. The van der Waals surface area contributed by atoms with Gasteiger partial charge in [-0.2, -0.15) is 12.0 Å². The van der Waals surface area contributed by atoms with E-state index in [9.17, 15) is 9.59 Å². The minimum Gasteiger partial charge on any atom is -0.693 e.